The summed E-state index contributed by atoms with van der Waals surface area (Å²) in [5.41, 5.74) is 10.4. The Labute approximate surface area is 129 Å². The molecule has 0 bridgehead atoms. The first-order valence-corrected chi connectivity index (χ1v) is 7.37. The average Bonchev–Trinajstić information content (AvgIpc) is 2.41. The van der Waals surface area contributed by atoms with E-state index in [-0.39, 0.29) is 0 Å². The van der Waals surface area contributed by atoms with E-state index in [9.17, 15) is 0 Å². The van der Waals surface area contributed by atoms with Crippen LogP contribution in [0.2, 0.25) is 0 Å². The molecule has 0 fully saturated rings. The van der Waals surface area contributed by atoms with Crippen molar-refractivity contribution in [3.8, 4) is 5.75 Å². The van der Waals surface area contributed by atoms with Crippen LogP contribution in [0.3, 0.4) is 0 Å². The molecule has 20 heavy (non-hydrogen) atoms. The van der Waals surface area contributed by atoms with Crippen LogP contribution in [0.25, 0.3) is 0 Å². The SMILES string of the molecule is COc1c(C(C)(N)c2cccc(Br)c2)ccc(C)c1C. The second-order valence-electron chi connectivity index (χ2n) is 5.30. The number of nitrogens with two attached hydrogens (primary N) is 1. The Morgan fingerprint density at radius 1 is 1.15 bits per heavy atom. The van der Waals surface area contributed by atoms with Gasteiger partial charge in [-0.3, -0.25) is 0 Å². The Hall–Kier alpha value is -1.32. The monoisotopic (exact) mass is 333 g/mol. The third-order valence-corrected chi connectivity index (χ3v) is 4.36. The van der Waals surface area contributed by atoms with E-state index in [2.05, 4.69) is 48.0 Å². The van der Waals surface area contributed by atoms with E-state index in [1.165, 1.54) is 5.56 Å². The van der Waals surface area contributed by atoms with E-state index in [1.807, 2.05) is 25.1 Å². The number of hydrogen-bond acceptors (Lipinski definition) is 2. The molecule has 2 aromatic carbocycles. The molecule has 1 unspecified atom stereocenters. The Kier molecular flexibility index (Phi) is 4.21. The van der Waals surface area contributed by atoms with Crippen LogP contribution in [0.1, 0.15) is 29.2 Å². The summed E-state index contributed by atoms with van der Waals surface area (Å²) >= 11 is 3.50. The van der Waals surface area contributed by atoms with Crippen molar-refractivity contribution in [3.05, 3.63) is 63.1 Å². The molecule has 0 saturated heterocycles. The molecule has 3 heteroatoms. The van der Waals surface area contributed by atoms with Crippen molar-refractivity contribution >= 4 is 15.9 Å². The maximum Gasteiger partial charge on any atom is 0.127 e. The summed E-state index contributed by atoms with van der Waals surface area (Å²) in [4.78, 5) is 0. The van der Waals surface area contributed by atoms with Gasteiger partial charge in [0.25, 0.3) is 0 Å². The fourth-order valence-corrected chi connectivity index (χ4v) is 2.83. The normalized spacial score (nSPS) is 13.9. The van der Waals surface area contributed by atoms with E-state index in [0.717, 1.165) is 26.9 Å². The highest BCUT2D eigenvalue weighted by Crippen LogP contribution is 2.37. The van der Waals surface area contributed by atoms with Crippen LogP contribution in [0, 0.1) is 13.8 Å². The minimum Gasteiger partial charge on any atom is -0.496 e. The molecular weight excluding hydrogens is 314 g/mol. The molecule has 0 spiro atoms. The van der Waals surface area contributed by atoms with Gasteiger partial charge in [0.2, 0.25) is 0 Å². The van der Waals surface area contributed by atoms with Gasteiger partial charge in [-0.05, 0) is 49.6 Å². The highest BCUT2D eigenvalue weighted by molar-refractivity contribution is 9.10. The molecule has 0 radical (unpaired) electrons. The van der Waals surface area contributed by atoms with Gasteiger partial charge in [0.1, 0.15) is 5.75 Å². The fourth-order valence-electron chi connectivity index (χ4n) is 2.43. The minimum atomic E-state index is -0.604. The van der Waals surface area contributed by atoms with Crippen LogP contribution < -0.4 is 10.5 Å². The molecule has 0 aliphatic carbocycles. The summed E-state index contributed by atoms with van der Waals surface area (Å²) in [5, 5.41) is 0. The lowest BCUT2D eigenvalue weighted by Gasteiger charge is -2.29. The molecule has 0 amide bonds. The standard InChI is InChI=1S/C17H20BrNO/c1-11-8-9-15(16(20-4)12(11)2)17(3,19)13-6-5-7-14(18)10-13/h5-10H,19H2,1-4H3. The summed E-state index contributed by atoms with van der Waals surface area (Å²) in [7, 11) is 1.70. The molecule has 2 N–H and O–H groups in total. The van der Waals surface area contributed by atoms with E-state index >= 15 is 0 Å². The lowest BCUT2D eigenvalue weighted by Crippen LogP contribution is -2.35. The quantitative estimate of drug-likeness (QED) is 0.908. The van der Waals surface area contributed by atoms with Crippen molar-refractivity contribution in [2.75, 3.05) is 7.11 Å². The smallest absolute Gasteiger partial charge is 0.127 e. The first-order chi connectivity index (χ1) is 9.37. The van der Waals surface area contributed by atoms with Crippen LogP contribution in [-0.2, 0) is 5.54 Å². The number of methoxy groups -OCH3 is 1. The summed E-state index contributed by atoms with van der Waals surface area (Å²) in [6, 6.07) is 12.2. The molecule has 1 atom stereocenters. The van der Waals surface area contributed by atoms with Gasteiger partial charge in [0.05, 0.1) is 12.6 Å². The number of hydrogen-bond donors (Lipinski definition) is 1. The lowest BCUT2D eigenvalue weighted by atomic mass is 9.83. The van der Waals surface area contributed by atoms with E-state index in [0.29, 0.717) is 0 Å². The molecule has 2 nitrogen and oxygen atoms in total. The molecule has 2 rings (SSSR count). The molecule has 0 aliphatic rings. The van der Waals surface area contributed by atoms with Gasteiger partial charge in [0.15, 0.2) is 0 Å². The zero-order valence-corrected chi connectivity index (χ0v) is 13.9. The lowest BCUT2D eigenvalue weighted by molar-refractivity contribution is 0.395. The summed E-state index contributed by atoms with van der Waals surface area (Å²) in [6.45, 7) is 6.16. The van der Waals surface area contributed by atoms with Crippen molar-refractivity contribution in [1.82, 2.24) is 0 Å². The van der Waals surface area contributed by atoms with Gasteiger partial charge >= 0.3 is 0 Å². The third kappa shape index (κ3) is 2.60. The molecule has 0 aliphatic heterocycles. The van der Waals surface area contributed by atoms with Crippen LogP contribution in [-0.4, -0.2) is 7.11 Å². The molecular formula is C17H20BrNO. The predicted molar refractivity (Wildman–Crippen MR) is 87.3 cm³/mol. The summed E-state index contributed by atoms with van der Waals surface area (Å²) < 4.78 is 6.63. The third-order valence-electron chi connectivity index (χ3n) is 3.86. The molecule has 0 heterocycles. The molecule has 0 aromatic heterocycles. The molecule has 0 saturated carbocycles. The Morgan fingerprint density at radius 2 is 1.85 bits per heavy atom. The van der Waals surface area contributed by atoms with E-state index in [1.54, 1.807) is 7.11 Å². The van der Waals surface area contributed by atoms with Crippen molar-refractivity contribution in [2.24, 2.45) is 5.73 Å². The van der Waals surface area contributed by atoms with Crippen LogP contribution in [0.15, 0.2) is 40.9 Å². The Bertz CT molecular complexity index is 635. The zero-order valence-electron chi connectivity index (χ0n) is 12.3. The number of rotatable bonds is 3. The largest absolute Gasteiger partial charge is 0.496 e. The Balaban J connectivity index is 2.63. The van der Waals surface area contributed by atoms with E-state index in [4.69, 9.17) is 10.5 Å². The topological polar surface area (TPSA) is 35.2 Å². The van der Waals surface area contributed by atoms with E-state index < -0.39 is 5.54 Å². The van der Waals surface area contributed by atoms with Crippen molar-refractivity contribution in [2.45, 2.75) is 26.3 Å². The average molecular weight is 334 g/mol. The Morgan fingerprint density at radius 3 is 2.45 bits per heavy atom. The summed E-state index contributed by atoms with van der Waals surface area (Å²) in [5.74, 6) is 0.870. The van der Waals surface area contributed by atoms with Crippen molar-refractivity contribution in [3.63, 3.8) is 0 Å². The highest BCUT2D eigenvalue weighted by Gasteiger charge is 2.28. The number of benzene rings is 2. The number of halogens is 1. The molecule has 2 aromatic rings. The van der Waals surface area contributed by atoms with Crippen LogP contribution >= 0.6 is 15.9 Å². The first-order valence-electron chi connectivity index (χ1n) is 6.57. The maximum absolute atomic E-state index is 6.62. The van der Waals surface area contributed by atoms with Crippen molar-refractivity contribution in [1.29, 1.82) is 0 Å². The van der Waals surface area contributed by atoms with Gasteiger partial charge in [-0.1, -0.05) is 40.2 Å². The fraction of sp³-hybridized carbons (Fsp3) is 0.294. The molecule has 106 valence electrons. The second kappa shape index (κ2) is 5.58. The predicted octanol–water partition coefficient (Wildman–Crippen LogP) is 4.30. The van der Waals surface area contributed by atoms with Crippen molar-refractivity contribution < 1.29 is 4.74 Å². The second-order valence-corrected chi connectivity index (χ2v) is 6.22. The number of aryl methyl sites for hydroxylation is 1. The minimum absolute atomic E-state index is 0.604. The number of ether oxygens (including phenoxy) is 1. The maximum atomic E-state index is 6.62. The van der Waals surface area contributed by atoms with Crippen LogP contribution in [0.5, 0.6) is 5.75 Å². The van der Waals surface area contributed by atoms with Gasteiger partial charge in [-0.25, -0.2) is 0 Å². The summed E-state index contributed by atoms with van der Waals surface area (Å²) in [6.07, 6.45) is 0. The van der Waals surface area contributed by atoms with Gasteiger partial charge in [-0.15, -0.1) is 0 Å². The van der Waals surface area contributed by atoms with Gasteiger partial charge in [0, 0.05) is 10.0 Å². The van der Waals surface area contributed by atoms with Gasteiger partial charge < -0.3 is 10.5 Å². The van der Waals surface area contributed by atoms with Crippen LogP contribution in [0.4, 0.5) is 0 Å². The first kappa shape index (κ1) is 15.1. The zero-order chi connectivity index (χ0) is 14.9. The highest BCUT2D eigenvalue weighted by atomic mass is 79.9. The van der Waals surface area contributed by atoms with Gasteiger partial charge in [-0.2, -0.15) is 0 Å².